The highest BCUT2D eigenvalue weighted by Crippen LogP contribution is 2.02. The lowest BCUT2D eigenvalue weighted by molar-refractivity contribution is -0.118. The van der Waals surface area contributed by atoms with E-state index in [1.165, 1.54) is 0 Å². The Balaban J connectivity index is 1.55. The third-order valence-electron chi connectivity index (χ3n) is 3.74. The Kier molecular flexibility index (Phi) is 8.70. The van der Waals surface area contributed by atoms with Gasteiger partial charge in [-0.1, -0.05) is 60.7 Å². The Hall–Kier alpha value is -2.88. The number of carbonyl (C=O) groups excluding carboxylic acids is 2. The molecule has 0 N–H and O–H groups in total. The zero-order valence-corrected chi connectivity index (χ0v) is 14.9. The number of aliphatic imine (C=N–C) groups is 2. The minimum atomic E-state index is 0.148. The number of hydrogen-bond acceptors (Lipinski definition) is 4. The van der Waals surface area contributed by atoms with Crippen LogP contribution in [0.3, 0.4) is 0 Å². The van der Waals surface area contributed by atoms with E-state index in [9.17, 15) is 9.59 Å². The molecule has 134 valence electrons. The van der Waals surface area contributed by atoms with Crippen molar-refractivity contribution in [2.75, 3.05) is 13.1 Å². The van der Waals surface area contributed by atoms with Gasteiger partial charge in [-0.15, -0.1) is 0 Å². The third-order valence-corrected chi connectivity index (χ3v) is 3.74. The highest BCUT2D eigenvalue weighted by molar-refractivity contribution is 5.93. The fourth-order valence-corrected chi connectivity index (χ4v) is 2.42. The van der Waals surface area contributed by atoms with E-state index >= 15 is 0 Å². The van der Waals surface area contributed by atoms with Gasteiger partial charge in [-0.3, -0.25) is 19.6 Å². The van der Waals surface area contributed by atoms with Crippen molar-refractivity contribution in [2.45, 2.75) is 25.7 Å². The summed E-state index contributed by atoms with van der Waals surface area (Å²) in [6.45, 7) is 1.06. The Morgan fingerprint density at radius 2 is 1.04 bits per heavy atom. The predicted octanol–water partition coefficient (Wildman–Crippen LogP) is 3.53. The summed E-state index contributed by atoms with van der Waals surface area (Å²) in [5, 5.41) is 0. The Morgan fingerprint density at radius 3 is 1.42 bits per heavy atom. The highest BCUT2D eigenvalue weighted by Gasteiger charge is 2.01. The van der Waals surface area contributed by atoms with Gasteiger partial charge in [0.15, 0.2) is 0 Å². The lowest BCUT2D eigenvalue weighted by Crippen LogP contribution is -2.04. The van der Waals surface area contributed by atoms with Crippen LogP contribution in [0.5, 0.6) is 0 Å². The average Bonchev–Trinajstić information content (AvgIpc) is 2.65. The van der Waals surface area contributed by atoms with Crippen LogP contribution in [0.2, 0.25) is 0 Å². The van der Waals surface area contributed by atoms with Crippen LogP contribution in [0.1, 0.15) is 24.0 Å². The first-order chi connectivity index (χ1) is 12.7. The van der Waals surface area contributed by atoms with Crippen molar-refractivity contribution in [1.82, 2.24) is 0 Å². The molecule has 2 rings (SSSR count). The lowest BCUT2D eigenvalue weighted by atomic mass is 10.1. The molecule has 0 atom stereocenters. The van der Waals surface area contributed by atoms with Crippen molar-refractivity contribution in [2.24, 2.45) is 9.98 Å². The van der Waals surface area contributed by atoms with Crippen molar-refractivity contribution in [3.63, 3.8) is 0 Å². The summed E-state index contributed by atoms with van der Waals surface area (Å²) in [4.78, 5) is 32.0. The molecule has 0 fully saturated rings. The molecule has 0 heterocycles. The maximum absolute atomic E-state index is 11.8. The Bertz CT molecular complexity index is 672. The first-order valence-electron chi connectivity index (χ1n) is 8.82. The molecule has 0 aliphatic rings. The van der Waals surface area contributed by atoms with Crippen molar-refractivity contribution in [1.29, 1.82) is 0 Å². The number of rotatable bonds is 11. The zero-order valence-electron chi connectivity index (χ0n) is 14.9. The van der Waals surface area contributed by atoms with Crippen molar-refractivity contribution in [3.8, 4) is 0 Å². The molecule has 26 heavy (non-hydrogen) atoms. The van der Waals surface area contributed by atoms with Crippen LogP contribution in [0.4, 0.5) is 0 Å². The summed E-state index contributed by atoms with van der Waals surface area (Å²) >= 11 is 0. The molecule has 4 nitrogen and oxygen atoms in total. The molecular formula is C22H24N2O2. The molecule has 2 aromatic carbocycles. The number of Topliss-reactive ketones (excluding diaryl/α,β-unsaturated/α-hetero) is 2. The van der Waals surface area contributed by atoms with Crippen LogP contribution in [0.15, 0.2) is 70.6 Å². The van der Waals surface area contributed by atoms with E-state index in [1.54, 1.807) is 12.4 Å². The summed E-state index contributed by atoms with van der Waals surface area (Å²) in [5.74, 6) is 0.296. The van der Waals surface area contributed by atoms with E-state index in [-0.39, 0.29) is 11.6 Å². The molecule has 0 saturated heterocycles. The van der Waals surface area contributed by atoms with Gasteiger partial charge < -0.3 is 0 Å². The van der Waals surface area contributed by atoms with Gasteiger partial charge in [0.05, 0.1) is 13.1 Å². The summed E-state index contributed by atoms with van der Waals surface area (Å²) in [5.41, 5.74) is 2.05. The van der Waals surface area contributed by atoms with Crippen molar-refractivity contribution in [3.05, 3.63) is 71.8 Å². The van der Waals surface area contributed by atoms with Crippen LogP contribution in [0.25, 0.3) is 0 Å². The molecule has 0 radical (unpaired) electrons. The van der Waals surface area contributed by atoms with Gasteiger partial charge in [-0.05, 0) is 11.1 Å². The molecule has 0 aliphatic carbocycles. The van der Waals surface area contributed by atoms with Gasteiger partial charge in [0.2, 0.25) is 0 Å². The SMILES string of the molecule is O=C(CC=NCCN=CCC(=O)Cc1ccccc1)Cc1ccccc1. The van der Waals surface area contributed by atoms with Crippen LogP contribution in [-0.2, 0) is 22.4 Å². The van der Waals surface area contributed by atoms with Gasteiger partial charge in [-0.2, -0.15) is 0 Å². The number of ketones is 2. The normalized spacial score (nSPS) is 11.2. The third kappa shape index (κ3) is 8.29. The number of carbonyl (C=O) groups is 2. The van der Waals surface area contributed by atoms with Crippen LogP contribution < -0.4 is 0 Å². The van der Waals surface area contributed by atoms with E-state index in [0.717, 1.165) is 11.1 Å². The maximum Gasteiger partial charge on any atom is 0.142 e. The first-order valence-corrected chi connectivity index (χ1v) is 8.82. The van der Waals surface area contributed by atoms with E-state index in [1.807, 2.05) is 60.7 Å². The van der Waals surface area contributed by atoms with Crippen LogP contribution >= 0.6 is 0 Å². The van der Waals surface area contributed by atoms with E-state index in [2.05, 4.69) is 9.98 Å². The molecule has 0 unspecified atom stereocenters. The molecule has 0 bridgehead atoms. The first kappa shape index (κ1) is 19.4. The largest absolute Gasteiger partial charge is 0.299 e. The molecule has 0 saturated carbocycles. The second-order valence-corrected chi connectivity index (χ2v) is 5.99. The van der Waals surface area contributed by atoms with Gasteiger partial charge >= 0.3 is 0 Å². The summed E-state index contributed by atoms with van der Waals surface area (Å²) in [7, 11) is 0. The van der Waals surface area contributed by atoms with Crippen LogP contribution in [-0.4, -0.2) is 37.1 Å². The standard InChI is InChI=1S/C22H24N2O2/c25-21(17-19-7-3-1-4-8-19)11-13-23-15-16-24-14-12-22(26)18-20-9-5-2-6-10-20/h1-10,13-14H,11-12,15-18H2. The lowest BCUT2D eigenvalue weighted by Gasteiger charge is -1.98. The van der Waals surface area contributed by atoms with Gasteiger partial charge in [0.1, 0.15) is 11.6 Å². The maximum atomic E-state index is 11.8. The topological polar surface area (TPSA) is 58.9 Å². The van der Waals surface area contributed by atoms with E-state index in [0.29, 0.717) is 38.8 Å². The Labute approximate surface area is 154 Å². The summed E-state index contributed by atoms with van der Waals surface area (Å²) in [6, 6.07) is 19.4. The number of benzene rings is 2. The molecular weight excluding hydrogens is 324 g/mol. The molecule has 0 aromatic heterocycles. The smallest absolute Gasteiger partial charge is 0.142 e. The average molecular weight is 348 g/mol. The minimum absolute atomic E-state index is 0.148. The van der Waals surface area contributed by atoms with E-state index < -0.39 is 0 Å². The van der Waals surface area contributed by atoms with E-state index in [4.69, 9.17) is 0 Å². The second-order valence-electron chi connectivity index (χ2n) is 5.99. The zero-order chi connectivity index (χ0) is 18.5. The minimum Gasteiger partial charge on any atom is -0.299 e. The fraction of sp³-hybridized carbons (Fsp3) is 0.273. The molecule has 2 aromatic rings. The number of nitrogens with zero attached hydrogens (tertiary/aromatic N) is 2. The molecule has 4 heteroatoms. The highest BCUT2D eigenvalue weighted by atomic mass is 16.1. The molecule has 0 amide bonds. The van der Waals surface area contributed by atoms with Gasteiger partial charge in [-0.25, -0.2) is 0 Å². The Morgan fingerprint density at radius 1 is 0.654 bits per heavy atom. The second kappa shape index (κ2) is 11.6. The van der Waals surface area contributed by atoms with Crippen molar-refractivity contribution >= 4 is 24.0 Å². The van der Waals surface area contributed by atoms with Gasteiger partial charge in [0.25, 0.3) is 0 Å². The fourth-order valence-electron chi connectivity index (χ4n) is 2.42. The molecule has 0 spiro atoms. The van der Waals surface area contributed by atoms with Gasteiger partial charge in [0, 0.05) is 38.1 Å². The quantitative estimate of drug-likeness (QED) is 0.461. The summed E-state index contributed by atoms with van der Waals surface area (Å²) in [6.07, 6.45) is 4.87. The van der Waals surface area contributed by atoms with Crippen molar-refractivity contribution < 1.29 is 9.59 Å². The predicted molar refractivity (Wildman–Crippen MR) is 106 cm³/mol. The molecule has 0 aliphatic heterocycles. The summed E-state index contributed by atoms with van der Waals surface area (Å²) < 4.78 is 0. The number of hydrogen-bond donors (Lipinski definition) is 0. The van der Waals surface area contributed by atoms with Crippen LogP contribution in [0, 0.1) is 0 Å². The monoisotopic (exact) mass is 348 g/mol.